The summed E-state index contributed by atoms with van der Waals surface area (Å²) in [5, 5.41) is 2.67. The topological polar surface area (TPSA) is 75.7 Å². The van der Waals surface area contributed by atoms with Crippen molar-refractivity contribution in [2.75, 3.05) is 31.6 Å². The minimum absolute atomic E-state index is 0.00494. The Morgan fingerprint density at radius 2 is 1.89 bits per heavy atom. The zero-order valence-electron chi connectivity index (χ0n) is 14.5. The van der Waals surface area contributed by atoms with Crippen molar-refractivity contribution in [1.29, 1.82) is 0 Å². The van der Waals surface area contributed by atoms with Gasteiger partial charge < -0.3 is 10.1 Å². The number of rotatable bonds is 4. The highest BCUT2D eigenvalue weighted by Gasteiger charge is 2.27. The fourth-order valence-electron chi connectivity index (χ4n) is 2.69. The molecule has 0 aromatic heterocycles. The third-order valence-corrected chi connectivity index (χ3v) is 6.46. The van der Waals surface area contributed by atoms with E-state index in [9.17, 15) is 17.6 Å². The Morgan fingerprint density at radius 1 is 1.19 bits per heavy atom. The average Bonchev–Trinajstić information content (AvgIpc) is 2.65. The molecule has 144 valence electrons. The summed E-state index contributed by atoms with van der Waals surface area (Å²) < 4.78 is 45.5. The second-order valence-electron chi connectivity index (χ2n) is 6.07. The van der Waals surface area contributed by atoms with Crippen molar-refractivity contribution in [1.82, 2.24) is 4.31 Å². The van der Waals surface area contributed by atoms with E-state index >= 15 is 0 Å². The second-order valence-corrected chi connectivity index (χ2v) is 8.42. The van der Waals surface area contributed by atoms with Crippen molar-refractivity contribution in [2.24, 2.45) is 0 Å². The molecule has 1 fully saturated rings. The van der Waals surface area contributed by atoms with E-state index in [-0.39, 0.29) is 34.3 Å². The minimum atomic E-state index is -3.77. The molecule has 1 N–H and O–H groups in total. The average molecular weight is 413 g/mol. The predicted molar refractivity (Wildman–Crippen MR) is 100 cm³/mol. The summed E-state index contributed by atoms with van der Waals surface area (Å²) in [5.74, 6) is -1.11. The predicted octanol–water partition coefficient (Wildman–Crippen LogP) is 3.06. The number of carbonyl (C=O) groups is 1. The lowest BCUT2D eigenvalue weighted by Crippen LogP contribution is -2.40. The molecule has 0 radical (unpaired) electrons. The number of anilines is 1. The molecule has 27 heavy (non-hydrogen) atoms. The Hall–Kier alpha value is -2.00. The fourth-order valence-corrected chi connectivity index (χ4v) is 4.33. The summed E-state index contributed by atoms with van der Waals surface area (Å²) in [5.41, 5.74) is 0.949. The van der Waals surface area contributed by atoms with Crippen LogP contribution in [0, 0.1) is 12.7 Å². The van der Waals surface area contributed by atoms with Gasteiger partial charge in [0.1, 0.15) is 5.82 Å². The highest BCUT2D eigenvalue weighted by molar-refractivity contribution is 7.89. The summed E-state index contributed by atoms with van der Waals surface area (Å²) in [6.45, 7) is 2.85. The number of carbonyl (C=O) groups excluding carboxylic acids is 1. The van der Waals surface area contributed by atoms with Crippen LogP contribution in [0.5, 0.6) is 0 Å². The SMILES string of the molecule is Cc1ccc(F)cc1NC(=O)c1cc(S(=O)(=O)N2CCOCC2)ccc1Cl. The monoisotopic (exact) mass is 412 g/mol. The molecule has 6 nitrogen and oxygen atoms in total. The van der Waals surface area contributed by atoms with Crippen LogP contribution in [0.15, 0.2) is 41.3 Å². The summed E-state index contributed by atoms with van der Waals surface area (Å²) in [7, 11) is -3.77. The third-order valence-electron chi connectivity index (χ3n) is 4.24. The van der Waals surface area contributed by atoms with Gasteiger partial charge in [0.05, 0.1) is 28.7 Å². The Kier molecular flexibility index (Phi) is 5.81. The summed E-state index contributed by atoms with van der Waals surface area (Å²) in [6, 6.07) is 7.96. The van der Waals surface area contributed by atoms with Gasteiger partial charge in [-0.2, -0.15) is 4.31 Å². The Bertz CT molecular complexity index is 975. The van der Waals surface area contributed by atoms with Gasteiger partial charge in [-0.25, -0.2) is 12.8 Å². The van der Waals surface area contributed by atoms with E-state index < -0.39 is 21.7 Å². The van der Waals surface area contributed by atoms with Gasteiger partial charge in [-0.15, -0.1) is 0 Å². The first-order chi connectivity index (χ1) is 12.8. The first-order valence-corrected chi connectivity index (χ1v) is 10.1. The first-order valence-electron chi connectivity index (χ1n) is 8.24. The molecule has 1 aliphatic heterocycles. The van der Waals surface area contributed by atoms with Crippen molar-refractivity contribution in [3.8, 4) is 0 Å². The number of morpholine rings is 1. The number of ether oxygens (including phenoxy) is 1. The molecule has 1 aliphatic rings. The molecule has 9 heteroatoms. The lowest BCUT2D eigenvalue weighted by molar-refractivity contribution is 0.0730. The number of sulfonamides is 1. The van der Waals surface area contributed by atoms with E-state index in [1.807, 2.05) is 0 Å². The summed E-state index contributed by atoms with van der Waals surface area (Å²) in [4.78, 5) is 12.6. The normalized spacial score (nSPS) is 15.5. The number of amides is 1. The highest BCUT2D eigenvalue weighted by Crippen LogP contribution is 2.25. The zero-order chi connectivity index (χ0) is 19.6. The molecule has 1 amide bonds. The van der Waals surface area contributed by atoms with Gasteiger partial charge in [-0.1, -0.05) is 17.7 Å². The van der Waals surface area contributed by atoms with E-state index in [1.165, 1.54) is 40.7 Å². The summed E-state index contributed by atoms with van der Waals surface area (Å²) in [6.07, 6.45) is 0. The van der Waals surface area contributed by atoms with Crippen LogP contribution in [-0.2, 0) is 14.8 Å². The van der Waals surface area contributed by atoms with Gasteiger partial charge in [0.15, 0.2) is 0 Å². The van der Waals surface area contributed by atoms with Crippen molar-refractivity contribution in [2.45, 2.75) is 11.8 Å². The smallest absolute Gasteiger partial charge is 0.257 e. The number of nitrogens with one attached hydrogen (secondary N) is 1. The molecule has 0 unspecified atom stereocenters. The molecule has 0 saturated carbocycles. The van der Waals surface area contributed by atoms with E-state index in [0.717, 1.165) is 0 Å². The molecular weight excluding hydrogens is 395 g/mol. The van der Waals surface area contributed by atoms with E-state index in [2.05, 4.69) is 5.32 Å². The maximum atomic E-state index is 13.4. The molecule has 0 spiro atoms. The first kappa shape index (κ1) is 19.8. The Morgan fingerprint density at radius 3 is 2.59 bits per heavy atom. The van der Waals surface area contributed by atoms with E-state index in [4.69, 9.17) is 16.3 Å². The van der Waals surface area contributed by atoms with Gasteiger partial charge in [0.25, 0.3) is 5.91 Å². The van der Waals surface area contributed by atoms with Crippen LogP contribution in [0.1, 0.15) is 15.9 Å². The lowest BCUT2D eigenvalue weighted by atomic mass is 10.1. The molecule has 2 aromatic rings. The molecule has 2 aromatic carbocycles. The van der Waals surface area contributed by atoms with Crippen LogP contribution in [0.2, 0.25) is 5.02 Å². The zero-order valence-corrected chi connectivity index (χ0v) is 16.1. The number of nitrogens with zero attached hydrogens (tertiary/aromatic N) is 1. The van der Waals surface area contributed by atoms with Gasteiger partial charge in [-0.05, 0) is 42.8 Å². The number of benzene rings is 2. The molecular formula is C18H18ClFN2O4S. The minimum Gasteiger partial charge on any atom is -0.379 e. The molecule has 0 aliphatic carbocycles. The molecule has 3 rings (SSSR count). The van der Waals surface area contributed by atoms with Crippen molar-refractivity contribution < 1.29 is 22.3 Å². The van der Waals surface area contributed by atoms with Crippen LogP contribution in [0.3, 0.4) is 0 Å². The molecule has 1 saturated heterocycles. The van der Waals surface area contributed by atoms with Crippen LogP contribution in [0.4, 0.5) is 10.1 Å². The number of aryl methyl sites for hydroxylation is 1. The molecule has 0 bridgehead atoms. The highest BCUT2D eigenvalue weighted by atomic mass is 35.5. The van der Waals surface area contributed by atoms with E-state index in [0.29, 0.717) is 18.8 Å². The van der Waals surface area contributed by atoms with Gasteiger partial charge in [0, 0.05) is 18.8 Å². The number of halogens is 2. The van der Waals surface area contributed by atoms with Crippen molar-refractivity contribution in [3.05, 3.63) is 58.4 Å². The quantitative estimate of drug-likeness (QED) is 0.837. The standard InChI is InChI=1S/C18H18ClFN2O4S/c1-12-2-3-13(20)10-17(12)21-18(23)15-11-14(4-5-16(15)19)27(24,25)22-6-8-26-9-7-22/h2-5,10-11H,6-9H2,1H3,(H,21,23). The number of hydrogen-bond donors (Lipinski definition) is 1. The third kappa shape index (κ3) is 4.30. The van der Waals surface area contributed by atoms with Crippen LogP contribution in [-0.4, -0.2) is 44.9 Å². The Balaban J connectivity index is 1.91. The van der Waals surface area contributed by atoms with Gasteiger partial charge in [-0.3, -0.25) is 4.79 Å². The Labute approximate surface area is 161 Å². The van der Waals surface area contributed by atoms with Gasteiger partial charge >= 0.3 is 0 Å². The number of hydrogen-bond acceptors (Lipinski definition) is 4. The van der Waals surface area contributed by atoms with Gasteiger partial charge in [0.2, 0.25) is 10.0 Å². The largest absolute Gasteiger partial charge is 0.379 e. The molecule has 1 heterocycles. The maximum absolute atomic E-state index is 13.4. The fraction of sp³-hybridized carbons (Fsp3) is 0.278. The van der Waals surface area contributed by atoms with Crippen LogP contribution < -0.4 is 5.32 Å². The lowest BCUT2D eigenvalue weighted by Gasteiger charge is -2.26. The second kappa shape index (κ2) is 7.93. The van der Waals surface area contributed by atoms with Crippen molar-refractivity contribution in [3.63, 3.8) is 0 Å². The maximum Gasteiger partial charge on any atom is 0.257 e. The summed E-state index contributed by atoms with van der Waals surface area (Å²) >= 11 is 6.10. The van der Waals surface area contributed by atoms with Crippen molar-refractivity contribution >= 4 is 33.2 Å². The van der Waals surface area contributed by atoms with E-state index in [1.54, 1.807) is 6.92 Å². The van der Waals surface area contributed by atoms with Crippen LogP contribution >= 0.6 is 11.6 Å². The van der Waals surface area contributed by atoms with Crippen LogP contribution in [0.25, 0.3) is 0 Å². The molecule has 0 atom stereocenters.